The highest BCUT2D eigenvalue weighted by molar-refractivity contribution is 7.80. The first kappa shape index (κ1) is 13.5. The molecule has 0 radical (unpaired) electrons. The Bertz CT molecular complexity index is 394. The van der Waals surface area contributed by atoms with Crippen molar-refractivity contribution in [2.75, 3.05) is 19.0 Å². The minimum atomic E-state index is 0.618. The lowest BCUT2D eigenvalue weighted by atomic mass is 10.3. The molecule has 0 aromatic heterocycles. The predicted octanol–water partition coefficient (Wildman–Crippen LogP) is 2.95. The zero-order valence-electron chi connectivity index (χ0n) is 10.4. The normalized spacial score (nSPS) is 9.35. The molecule has 3 nitrogen and oxygen atoms in total. The van der Waals surface area contributed by atoms with Gasteiger partial charge in [-0.3, -0.25) is 0 Å². The molecule has 92 valence electrons. The van der Waals surface area contributed by atoms with Gasteiger partial charge in [-0.15, -0.1) is 0 Å². The zero-order chi connectivity index (χ0) is 12.7. The summed E-state index contributed by atoms with van der Waals surface area (Å²) in [5.74, 6) is 0.832. The van der Waals surface area contributed by atoms with Crippen LogP contribution in [0.3, 0.4) is 0 Å². The first-order valence-electron chi connectivity index (χ1n) is 5.44. The number of ether oxygens (including phenoxy) is 1. The maximum Gasteiger partial charge on any atom is 0.171 e. The lowest BCUT2D eigenvalue weighted by Gasteiger charge is -2.09. The van der Waals surface area contributed by atoms with Crippen LogP contribution in [0.4, 0.5) is 5.69 Å². The minimum Gasteiger partial charge on any atom is -0.497 e. The van der Waals surface area contributed by atoms with Crippen LogP contribution in [0.1, 0.15) is 13.8 Å². The van der Waals surface area contributed by atoms with Crippen LogP contribution in [-0.2, 0) is 0 Å². The van der Waals surface area contributed by atoms with Gasteiger partial charge in [0.1, 0.15) is 5.75 Å². The highest BCUT2D eigenvalue weighted by Crippen LogP contribution is 2.14. The first-order chi connectivity index (χ1) is 8.11. The summed E-state index contributed by atoms with van der Waals surface area (Å²) in [5, 5.41) is 6.82. The third-order valence-electron chi connectivity index (χ3n) is 2.12. The second-order valence-electron chi connectivity index (χ2n) is 3.85. The van der Waals surface area contributed by atoms with E-state index in [4.69, 9.17) is 17.0 Å². The van der Waals surface area contributed by atoms with Gasteiger partial charge in [0.2, 0.25) is 0 Å². The fourth-order valence-electron chi connectivity index (χ4n) is 1.20. The van der Waals surface area contributed by atoms with Gasteiger partial charge in [0.05, 0.1) is 7.11 Å². The maximum atomic E-state index is 5.17. The number of nitrogens with one attached hydrogen (secondary N) is 2. The van der Waals surface area contributed by atoms with Crippen molar-refractivity contribution >= 4 is 23.0 Å². The number of hydrogen-bond acceptors (Lipinski definition) is 2. The fraction of sp³-hybridized carbons (Fsp3) is 0.308. The van der Waals surface area contributed by atoms with Crippen molar-refractivity contribution in [3.05, 3.63) is 35.9 Å². The monoisotopic (exact) mass is 250 g/mol. The van der Waals surface area contributed by atoms with Crippen molar-refractivity contribution in [3.8, 4) is 5.75 Å². The van der Waals surface area contributed by atoms with Crippen LogP contribution in [0.5, 0.6) is 5.75 Å². The lowest BCUT2D eigenvalue weighted by Crippen LogP contribution is -2.28. The molecule has 0 atom stereocenters. The Morgan fingerprint density at radius 3 is 2.47 bits per heavy atom. The van der Waals surface area contributed by atoms with Gasteiger partial charge in [-0.05, 0) is 50.3 Å². The van der Waals surface area contributed by atoms with Gasteiger partial charge in [0, 0.05) is 12.2 Å². The summed E-state index contributed by atoms with van der Waals surface area (Å²) in [6.07, 6.45) is 2.09. The molecule has 0 unspecified atom stereocenters. The van der Waals surface area contributed by atoms with E-state index in [2.05, 4.69) is 30.6 Å². The largest absolute Gasteiger partial charge is 0.497 e. The van der Waals surface area contributed by atoms with Crippen molar-refractivity contribution in [3.63, 3.8) is 0 Å². The highest BCUT2D eigenvalue weighted by Gasteiger charge is 1.96. The van der Waals surface area contributed by atoms with Crippen LogP contribution in [0.2, 0.25) is 0 Å². The Labute approximate surface area is 108 Å². The van der Waals surface area contributed by atoms with Gasteiger partial charge < -0.3 is 15.4 Å². The summed E-state index contributed by atoms with van der Waals surface area (Å²) in [5.41, 5.74) is 2.21. The van der Waals surface area contributed by atoms with Crippen molar-refractivity contribution in [1.82, 2.24) is 5.32 Å². The Hall–Kier alpha value is -1.55. The number of allylic oxidation sites excluding steroid dienone is 1. The molecule has 0 amide bonds. The smallest absolute Gasteiger partial charge is 0.171 e. The molecule has 0 saturated heterocycles. The Morgan fingerprint density at radius 1 is 1.29 bits per heavy atom. The van der Waals surface area contributed by atoms with Gasteiger partial charge in [-0.25, -0.2) is 0 Å². The number of thiocarbonyl (C=S) groups is 1. The number of benzene rings is 1. The maximum absolute atomic E-state index is 5.17. The SMILES string of the molecule is COc1ccc(NC(=S)NCC=C(C)C)cc1. The van der Waals surface area contributed by atoms with Crippen molar-refractivity contribution in [1.29, 1.82) is 0 Å². The van der Waals surface area contributed by atoms with Crippen LogP contribution >= 0.6 is 12.2 Å². The molecule has 1 aromatic rings. The first-order valence-corrected chi connectivity index (χ1v) is 5.85. The van der Waals surface area contributed by atoms with Crippen molar-refractivity contribution in [2.24, 2.45) is 0 Å². The molecule has 0 spiro atoms. The molecule has 1 aromatic carbocycles. The van der Waals surface area contributed by atoms with Gasteiger partial charge in [-0.2, -0.15) is 0 Å². The summed E-state index contributed by atoms with van der Waals surface area (Å²) in [4.78, 5) is 0. The van der Waals surface area contributed by atoms with E-state index >= 15 is 0 Å². The second kappa shape index (κ2) is 6.91. The van der Waals surface area contributed by atoms with Crippen LogP contribution in [0.15, 0.2) is 35.9 Å². The van der Waals surface area contributed by atoms with E-state index in [9.17, 15) is 0 Å². The topological polar surface area (TPSA) is 33.3 Å². The molecule has 0 aliphatic rings. The third kappa shape index (κ3) is 5.36. The Morgan fingerprint density at radius 2 is 1.94 bits per heavy atom. The molecule has 0 aliphatic carbocycles. The van der Waals surface area contributed by atoms with Gasteiger partial charge >= 0.3 is 0 Å². The minimum absolute atomic E-state index is 0.618. The zero-order valence-corrected chi connectivity index (χ0v) is 11.2. The Kier molecular flexibility index (Phi) is 5.49. The van der Waals surface area contributed by atoms with Crippen LogP contribution in [-0.4, -0.2) is 18.8 Å². The average molecular weight is 250 g/mol. The van der Waals surface area contributed by atoms with Crippen LogP contribution in [0.25, 0.3) is 0 Å². The highest BCUT2D eigenvalue weighted by atomic mass is 32.1. The van der Waals surface area contributed by atoms with Crippen molar-refractivity contribution < 1.29 is 4.74 Å². The van der Waals surface area contributed by atoms with Crippen LogP contribution in [0, 0.1) is 0 Å². The fourth-order valence-corrected chi connectivity index (χ4v) is 1.40. The number of anilines is 1. The third-order valence-corrected chi connectivity index (χ3v) is 2.37. The lowest BCUT2D eigenvalue weighted by molar-refractivity contribution is 0.415. The summed E-state index contributed by atoms with van der Waals surface area (Å²) < 4.78 is 5.08. The van der Waals surface area contributed by atoms with E-state index in [0.717, 1.165) is 18.0 Å². The number of methoxy groups -OCH3 is 1. The van der Waals surface area contributed by atoms with Gasteiger partial charge in [0.25, 0.3) is 0 Å². The summed E-state index contributed by atoms with van der Waals surface area (Å²) in [6.45, 7) is 4.85. The van der Waals surface area contributed by atoms with Gasteiger partial charge in [-0.1, -0.05) is 11.6 Å². The molecule has 0 heterocycles. The summed E-state index contributed by atoms with van der Waals surface area (Å²) >= 11 is 5.17. The Balaban J connectivity index is 2.42. The van der Waals surface area contributed by atoms with E-state index < -0.39 is 0 Å². The molecular weight excluding hydrogens is 232 g/mol. The number of rotatable bonds is 4. The molecule has 0 aliphatic heterocycles. The molecule has 1 rings (SSSR count). The van der Waals surface area contributed by atoms with Gasteiger partial charge in [0.15, 0.2) is 5.11 Å². The van der Waals surface area contributed by atoms with E-state index in [-0.39, 0.29) is 0 Å². The van der Waals surface area contributed by atoms with E-state index in [1.54, 1.807) is 7.11 Å². The molecule has 0 saturated carbocycles. The van der Waals surface area contributed by atoms with E-state index in [0.29, 0.717) is 5.11 Å². The molecule has 0 bridgehead atoms. The van der Waals surface area contributed by atoms with Crippen LogP contribution < -0.4 is 15.4 Å². The molecule has 17 heavy (non-hydrogen) atoms. The second-order valence-corrected chi connectivity index (χ2v) is 4.25. The quantitative estimate of drug-likeness (QED) is 0.636. The van der Waals surface area contributed by atoms with Crippen molar-refractivity contribution in [2.45, 2.75) is 13.8 Å². The molecule has 0 fully saturated rings. The predicted molar refractivity (Wildman–Crippen MR) is 76.6 cm³/mol. The number of hydrogen-bond donors (Lipinski definition) is 2. The molecule has 4 heteroatoms. The summed E-state index contributed by atoms with van der Waals surface area (Å²) in [6, 6.07) is 7.63. The summed E-state index contributed by atoms with van der Waals surface area (Å²) in [7, 11) is 1.65. The van der Waals surface area contributed by atoms with E-state index in [1.807, 2.05) is 24.3 Å². The standard InChI is InChI=1S/C13H18N2OS/c1-10(2)8-9-14-13(17)15-11-4-6-12(16-3)7-5-11/h4-8H,9H2,1-3H3,(H2,14,15,17). The van der Waals surface area contributed by atoms with E-state index in [1.165, 1.54) is 5.57 Å². The molecular formula is C13H18N2OS. The molecule has 2 N–H and O–H groups in total. The average Bonchev–Trinajstić information content (AvgIpc) is 2.29.